The molecule has 0 fully saturated rings. The van der Waals surface area contributed by atoms with E-state index in [1.807, 2.05) is 6.92 Å². The van der Waals surface area contributed by atoms with Crippen molar-refractivity contribution in [3.05, 3.63) is 64.1 Å². The van der Waals surface area contributed by atoms with Crippen LogP contribution in [0, 0.1) is 0 Å². The normalized spacial score (nSPS) is 10.3. The number of benzene rings is 1. The summed E-state index contributed by atoms with van der Waals surface area (Å²) in [5.41, 5.74) is 0.897. The predicted octanol–water partition coefficient (Wildman–Crippen LogP) is 2.38. The first-order valence-electron chi connectivity index (χ1n) is 6.76. The van der Waals surface area contributed by atoms with Gasteiger partial charge in [-0.15, -0.1) is 0 Å². The maximum Gasteiger partial charge on any atom is 0.335 e. The van der Waals surface area contributed by atoms with Crippen molar-refractivity contribution in [3.8, 4) is 5.75 Å². The van der Waals surface area contributed by atoms with Gasteiger partial charge in [-0.05, 0) is 36.2 Å². The third kappa shape index (κ3) is 3.72. The highest BCUT2D eigenvalue weighted by atomic mass is 16.5. The van der Waals surface area contributed by atoms with Gasteiger partial charge in [-0.1, -0.05) is 19.1 Å². The minimum Gasteiger partial charge on any atom is -0.488 e. The van der Waals surface area contributed by atoms with E-state index in [0.29, 0.717) is 18.9 Å². The quantitative estimate of drug-likeness (QED) is 0.885. The van der Waals surface area contributed by atoms with Crippen molar-refractivity contribution in [1.82, 2.24) is 4.57 Å². The average molecular weight is 287 g/mol. The summed E-state index contributed by atoms with van der Waals surface area (Å²) < 4.78 is 6.95. The molecule has 0 radical (unpaired) electrons. The van der Waals surface area contributed by atoms with E-state index in [0.717, 1.165) is 12.0 Å². The van der Waals surface area contributed by atoms with E-state index in [9.17, 15) is 9.59 Å². The average Bonchev–Trinajstić information content (AvgIpc) is 2.49. The van der Waals surface area contributed by atoms with Gasteiger partial charge in [-0.3, -0.25) is 4.79 Å². The number of hydrogen-bond acceptors (Lipinski definition) is 3. The van der Waals surface area contributed by atoms with E-state index in [1.165, 1.54) is 12.1 Å². The lowest BCUT2D eigenvalue weighted by atomic mass is 10.1. The molecule has 0 saturated carbocycles. The molecule has 0 aliphatic heterocycles. The van der Waals surface area contributed by atoms with Crippen LogP contribution < -0.4 is 10.3 Å². The number of rotatable bonds is 6. The summed E-state index contributed by atoms with van der Waals surface area (Å²) >= 11 is 0. The molecule has 110 valence electrons. The number of aromatic nitrogens is 1. The van der Waals surface area contributed by atoms with Crippen LogP contribution in [0.3, 0.4) is 0 Å². The molecule has 5 nitrogen and oxygen atoms in total. The number of ether oxygens (including phenoxy) is 1. The van der Waals surface area contributed by atoms with Gasteiger partial charge >= 0.3 is 5.97 Å². The van der Waals surface area contributed by atoms with Gasteiger partial charge in [-0.25, -0.2) is 4.79 Å². The van der Waals surface area contributed by atoms with E-state index in [1.54, 1.807) is 35.0 Å². The Bertz CT molecular complexity index is 673. The second-order valence-corrected chi connectivity index (χ2v) is 4.66. The molecule has 0 spiro atoms. The molecule has 1 aromatic heterocycles. The highest BCUT2D eigenvalue weighted by molar-refractivity contribution is 5.87. The Balaban J connectivity index is 2.19. The Hall–Kier alpha value is -2.56. The number of aromatic carboxylic acids is 1. The molecule has 0 aliphatic rings. The van der Waals surface area contributed by atoms with Crippen LogP contribution in [0.2, 0.25) is 0 Å². The molecule has 1 heterocycles. The maximum absolute atomic E-state index is 12.2. The molecule has 1 N–H and O–H groups in total. The van der Waals surface area contributed by atoms with Gasteiger partial charge in [0.25, 0.3) is 5.56 Å². The summed E-state index contributed by atoms with van der Waals surface area (Å²) in [6, 6.07) is 9.88. The molecule has 0 atom stereocenters. The fourth-order valence-electron chi connectivity index (χ4n) is 1.91. The summed E-state index contributed by atoms with van der Waals surface area (Å²) in [6.07, 6.45) is 2.53. The molecular formula is C16H17NO4. The van der Waals surface area contributed by atoms with Crippen molar-refractivity contribution in [2.75, 3.05) is 6.61 Å². The van der Waals surface area contributed by atoms with Crippen molar-refractivity contribution in [2.45, 2.75) is 19.9 Å². The number of nitrogens with zero attached hydrogens (tertiary/aromatic N) is 1. The third-order valence-electron chi connectivity index (χ3n) is 3.00. The molecule has 0 amide bonds. The second kappa shape index (κ2) is 6.74. The fourth-order valence-corrected chi connectivity index (χ4v) is 1.91. The van der Waals surface area contributed by atoms with E-state index in [2.05, 4.69) is 0 Å². The Morgan fingerprint density at radius 1 is 1.24 bits per heavy atom. The number of carboxylic acids is 1. The summed E-state index contributed by atoms with van der Waals surface area (Å²) in [5, 5.41) is 8.86. The summed E-state index contributed by atoms with van der Waals surface area (Å²) in [7, 11) is 0. The summed E-state index contributed by atoms with van der Waals surface area (Å²) in [5.74, 6) is -0.629. The smallest absolute Gasteiger partial charge is 0.335 e. The molecule has 0 aliphatic carbocycles. The molecule has 5 heteroatoms. The zero-order chi connectivity index (χ0) is 15.2. The highest BCUT2D eigenvalue weighted by Gasteiger charge is 2.06. The Morgan fingerprint density at radius 2 is 1.95 bits per heavy atom. The molecule has 0 unspecified atom stereocenters. The predicted molar refractivity (Wildman–Crippen MR) is 79.0 cm³/mol. The zero-order valence-electron chi connectivity index (χ0n) is 11.8. The lowest BCUT2D eigenvalue weighted by Gasteiger charge is -2.09. The monoisotopic (exact) mass is 287 g/mol. The van der Waals surface area contributed by atoms with E-state index in [4.69, 9.17) is 9.84 Å². The fraction of sp³-hybridized carbons (Fsp3) is 0.250. The summed E-state index contributed by atoms with van der Waals surface area (Å²) in [6.45, 7) is 2.86. The van der Waals surface area contributed by atoms with Crippen molar-refractivity contribution in [2.24, 2.45) is 0 Å². The van der Waals surface area contributed by atoms with Crippen LogP contribution >= 0.6 is 0 Å². The van der Waals surface area contributed by atoms with Gasteiger partial charge in [0.15, 0.2) is 5.75 Å². The minimum absolute atomic E-state index is 0.187. The SMILES string of the molecule is CCCOc1cccn(Cc2ccc(C(=O)O)cc2)c1=O. The standard InChI is InChI=1S/C16H17NO4/c1-2-10-21-14-4-3-9-17(15(14)18)11-12-5-7-13(8-6-12)16(19)20/h3-9H,2,10-11H2,1H3,(H,19,20). The molecule has 2 aromatic rings. The third-order valence-corrected chi connectivity index (χ3v) is 3.00. The minimum atomic E-state index is -0.964. The molecule has 0 saturated heterocycles. The van der Waals surface area contributed by atoms with Crippen molar-refractivity contribution in [1.29, 1.82) is 0 Å². The van der Waals surface area contributed by atoms with Crippen LogP contribution in [0.1, 0.15) is 29.3 Å². The van der Waals surface area contributed by atoms with Gasteiger partial charge in [0.1, 0.15) is 0 Å². The van der Waals surface area contributed by atoms with Crippen molar-refractivity contribution >= 4 is 5.97 Å². The largest absolute Gasteiger partial charge is 0.488 e. The number of carbonyl (C=O) groups is 1. The number of hydrogen-bond donors (Lipinski definition) is 1. The van der Waals surface area contributed by atoms with Crippen LogP contribution in [0.4, 0.5) is 0 Å². The van der Waals surface area contributed by atoms with Gasteiger partial charge in [0, 0.05) is 6.20 Å². The second-order valence-electron chi connectivity index (χ2n) is 4.66. The van der Waals surface area contributed by atoms with E-state index < -0.39 is 5.97 Å². The van der Waals surface area contributed by atoms with Crippen LogP contribution in [0.25, 0.3) is 0 Å². The first-order chi connectivity index (χ1) is 10.1. The van der Waals surface area contributed by atoms with Gasteiger partial charge < -0.3 is 14.4 Å². The molecule has 0 bridgehead atoms. The Labute approximate surface area is 122 Å². The molecule has 2 rings (SSSR count). The number of pyridine rings is 1. The Kier molecular flexibility index (Phi) is 4.77. The van der Waals surface area contributed by atoms with Crippen LogP contribution in [-0.4, -0.2) is 22.2 Å². The highest BCUT2D eigenvalue weighted by Crippen LogP contribution is 2.08. The number of carboxylic acid groups (broad SMARTS) is 1. The van der Waals surface area contributed by atoms with Crippen molar-refractivity contribution in [3.63, 3.8) is 0 Å². The van der Waals surface area contributed by atoms with E-state index >= 15 is 0 Å². The van der Waals surface area contributed by atoms with Crippen LogP contribution in [0.5, 0.6) is 5.75 Å². The zero-order valence-corrected chi connectivity index (χ0v) is 11.8. The van der Waals surface area contributed by atoms with E-state index in [-0.39, 0.29) is 11.1 Å². The molecule has 1 aromatic carbocycles. The first kappa shape index (κ1) is 14.8. The van der Waals surface area contributed by atoms with Gasteiger partial charge in [0.05, 0.1) is 18.7 Å². The van der Waals surface area contributed by atoms with Crippen LogP contribution in [0.15, 0.2) is 47.4 Å². The van der Waals surface area contributed by atoms with Gasteiger partial charge in [-0.2, -0.15) is 0 Å². The topological polar surface area (TPSA) is 68.5 Å². The summed E-state index contributed by atoms with van der Waals surface area (Å²) in [4.78, 5) is 23.0. The lowest BCUT2D eigenvalue weighted by Crippen LogP contribution is -2.22. The van der Waals surface area contributed by atoms with Crippen LogP contribution in [-0.2, 0) is 6.54 Å². The first-order valence-corrected chi connectivity index (χ1v) is 6.76. The molecular weight excluding hydrogens is 270 g/mol. The maximum atomic E-state index is 12.2. The van der Waals surface area contributed by atoms with Crippen molar-refractivity contribution < 1.29 is 14.6 Å². The molecule has 21 heavy (non-hydrogen) atoms. The van der Waals surface area contributed by atoms with Gasteiger partial charge in [0.2, 0.25) is 0 Å². The Morgan fingerprint density at radius 3 is 2.57 bits per heavy atom. The lowest BCUT2D eigenvalue weighted by molar-refractivity contribution is 0.0697.